The van der Waals surface area contributed by atoms with E-state index in [1.807, 2.05) is 6.92 Å². The molecule has 0 radical (unpaired) electrons. The van der Waals surface area contributed by atoms with Gasteiger partial charge in [0.1, 0.15) is 0 Å². The lowest BCUT2D eigenvalue weighted by atomic mass is 10.1. The van der Waals surface area contributed by atoms with Crippen molar-refractivity contribution in [3.63, 3.8) is 0 Å². The van der Waals surface area contributed by atoms with Gasteiger partial charge in [0, 0.05) is 25.7 Å². The molecule has 0 amide bonds. The minimum Gasteiger partial charge on any atom is -0.373 e. The van der Waals surface area contributed by atoms with Gasteiger partial charge in [0.15, 0.2) is 0 Å². The van der Waals surface area contributed by atoms with Crippen molar-refractivity contribution in [1.29, 1.82) is 0 Å². The third kappa shape index (κ3) is 3.09. The average Bonchev–Trinajstić information content (AvgIpc) is 1.82. The standard InChI is InChI=1S/C9H20N2O/c1-8(10)6-11-4-5-12-9(2,3)7-11/h8H,4-7,10H2,1-3H3/t8-/m1/s1. The number of nitrogens with zero attached hydrogens (tertiary/aromatic N) is 1. The van der Waals surface area contributed by atoms with Crippen LogP contribution >= 0.6 is 0 Å². The number of hydrogen-bond acceptors (Lipinski definition) is 3. The zero-order valence-corrected chi connectivity index (χ0v) is 8.34. The van der Waals surface area contributed by atoms with Gasteiger partial charge < -0.3 is 10.5 Å². The fourth-order valence-electron chi connectivity index (χ4n) is 1.68. The highest BCUT2D eigenvalue weighted by atomic mass is 16.5. The molecule has 1 aliphatic rings. The second-order valence-electron chi connectivity index (χ2n) is 4.32. The molecule has 0 aliphatic carbocycles. The van der Waals surface area contributed by atoms with Gasteiger partial charge in [-0.2, -0.15) is 0 Å². The lowest BCUT2D eigenvalue weighted by Crippen LogP contribution is -2.51. The van der Waals surface area contributed by atoms with Crippen LogP contribution in [-0.2, 0) is 4.74 Å². The molecule has 0 saturated carbocycles. The molecular weight excluding hydrogens is 152 g/mol. The van der Waals surface area contributed by atoms with Gasteiger partial charge in [0.05, 0.1) is 12.2 Å². The van der Waals surface area contributed by atoms with Crippen LogP contribution in [0.15, 0.2) is 0 Å². The summed E-state index contributed by atoms with van der Waals surface area (Å²) in [4.78, 5) is 2.37. The molecule has 1 atom stereocenters. The molecule has 0 spiro atoms. The molecule has 1 saturated heterocycles. The zero-order valence-electron chi connectivity index (χ0n) is 8.34. The summed E-state index contributed by atoms with van der Waals surface area (Å²) in [7, 11) is 0. The monoisotopic (exact) mass is 172 g/mol. The lowest BCUT2D eigenvalue weighted by molar-refractivity contribution is -0.0865. The van der Waals surface area contributed by atoms with Gasteiger partial charge in [-0.1, -0.05) is 0 Å². The van der Waals surface area contributed by atoms with Crippen molar-refractivity contribution in [3.05, 3.63) is 0 Å². The van der Waals surface area contributed by atoms with Crippen LogP contribution in [0.25, 0.3) is 0 Å². The van der Waals surface area contributed by atoms with E-state index in [0.29, 0.717) is 0 Å². The first-order valence-corrected chi connectivity index (χ1v) is 4.61. The van der Waals surface area contributed by atoms with Gasteiger partial charge >= 0.3 is 0 Å². The van der Waals surface area contributed by atoms with E-state index >= 15 is 0 Å². The first kappa shape index (κ1) is 9.96. The summed E-state index contributed by atoms with van der Waals surface area (Å²) in [5.41, 5.74) is 5.74. The molecule has 0 bridgehead atoms. The average molecular weight is 172 g/mol. The molecular formula is C9H20N2O. The van der Waals surface area contributed by atoms with Crippen LogP contribution in [0, 0.1) is 0 Å². The van der Waals surface area contributed by atoms with Gasteiger partial charge in [0.25, 0.3) is 0 Å². The zero-order chi connectivity index (χ0) is 9.19. The topological polar surface area (TPSA) is 38.5 Å². The molecule has 0 aromatic heterocycles. The summed E-state index contributed by atoms with van der Waals surface area (Å²) >= 11 is 0. The Hall–Kier alpha value is -0.120. The minimum atomic E-state index is 0.00708. The molecule has 12 heavy (non-hydrogen) atoms. The van der Waals surface area contributed by atoms with Gasteiger partial charge in [-0.3, -0.25) is 4.90 Å². The largest absolute Gasteiger partial charge is 0.373 e. The Kier molecular flexibility index (Phi) is 3.09. The van der Waals surface area contributed by atoms with Crippen LogP contribution in [0.3, 0.4) is 0 Å². The summed E-state index contributed by atoms with van der Waals surface area (Å²) in [6, 6.07) is 0.263. The molecule has 1 aliphatic heterocycles. The Bertz CT molecular complexity index is 145. The second-order valence-corrected chi connectivity index (χ2v) is 4.32. The quantitative estimate of drug-likeness (QED) is 0.657. The van der Waals surface area contributed by atoms with Gasteiger partial charge in [-0.25, -0.2) is 0 Å². The normalized spacial score (nSPS) is 27.0. The fraction of sp³-hybridized carbons (Fsp3) is 1.00. The molecule has 1 rings (SSSR count). The van der Waals surface area contributed by atoms with E-state index in [0.717, 1.165) is 26.2 Å². The molecule has 0 aromatic carbocycles. The van der Waals surface area contributed by atoms with E-state index in [1.54, 1.807) is 0 Å². The molecule has 3 heteroatoms. The SMILES string of the molecule is C[C@@H](N)CN1CCOC(C)(C)C1. The van der Waals surface area contributed by atoms with E-state index in [2.05, 4.69) is 18.7 Å². The molecule has 1 heterocycles. The second kappa shape index (κ2) is 3.73. The van der Waals surface area contributed by atoms with Crippen LogP contribution in [0.5, 0.6) is 0 Å². The van der Waals surface area contributed by atoms with E-state index in [1.165, 1.54) is 0 Å². The highest BCUT2D eigenvalue weighted by molar-refractivity contribution is 4.80. The summed E-state index contributed by atoms with van der Waals surface area (Å²) in [6.07, 6.45) is 0. The summed E-state index contributed by atoms with van der Waals surface area (Å²) in [6.45, 7) is 10.1. The van der Waals surface area contributed by atoms with Crippen molar-refractivity contribution >= 4 is 0 Å². The van der Waals surface area contributed by atoms with E-state index < -0.39 is 0 Å². The Morgan fingerprint density at radius 3 is 2.75 bits per heavy atom. The highest BCUT2D eigenvalue weighted by Gasteiger charge is 2.26. The smallest absolute Gasteiger partial charge is 0.0753 e. The highest BCUT2D eigenvalue weighted by Crippen LogP contribution is 2.15. The van der Waals surface area contributed by atoms with Crippen molar-refractivity contribution in [3.8, 4) is 0 Å². The van der Waals surface area contributed by atoms with Crippen LogP contribution in [0.4, 0.5) is 0 Å². The van der Waals surface area contributed by atoms with Gasteiger partial charge in [-0.15, -0.1) is 0 Å². The Balaban J connectivity index is 2.36. The maximum atomic E-state index is 5.73. The maximum Gasteiger partial charge on any atom is 0.0753 e. The van der Waals surface area contributed by atoms with E-state index in [-0.39, 0.29) is 11.6 Å². The molecule has 0 aromatic rings. The molecule has 72 valence electrons. The molecule has 3 nitrogen and oxygen atoms in total. The third-order valence-corrected chi connectivity index (χ3v) is 2.05. The molecule has 2 N–H and O–H groups in total. The minimum absolute atomic E-state index is 0.00708. The Morgan fingerprint density at radius 2 is 2.25 bits per heavy atom. The van der Waals surface area contributed by atoms with E-state index in [4.69, 9.17) is 10.5 Å². The predicted molar refractivity (Wildman–Crippen MR) is 50.1 cm³/mol. The van der Waals surface area contributed by atoms with Crippen molar-refractivity contribution in [2.75, 3.05) is 26.2 Å². The van der Waals surface area contributed by atoms with Crippen molar-refractivity contribution < 1.29 is 4.74 Å². The van der Waals surface area contributed by atoms with Crippen molar-refractivity contribution in [2.45, 2.75) is 32.4 Å². The number of nitrogens with two attached hydrogens (primary N) is 1. The van der Waals surface area contributed by atoms with Gasteiger partial charge in [0.2, 0.25) is 0 Å². The predicted octanol–water partition coefficient (Wildman–Crippen LogP) is 0.444. The lowest BCUT2D eigenvalue weighted by Gasteiger charge is -2.38. The first-order valence-electron chi connectivity index (χ1n) is 4.61. The number of hydrogen-bond donors (Lipinski definition) is 1. The summed E-state index contributed by atoms with van der Waals surface area (Å²) in [5, 5.41) is 0. The van der Waals surface area contributed by atoms with Crippen LogP contribution in [-0.4, -0.2) is 42.8 Å². The third-order valence-electron chi connectivity index (χ3n) is 2.05. The van der Waals surface area contributed by atoms with E-state index in [9.17, 15) is 0 Å². The van der Waals surface area contributed by atoms with Crippen LogP contribution in [0.2, 0.25) is 0 Å². The molecule has 1 fully saturated rings. The van der Waals surface area contributed by atoms with Gasteiger partial charge in [-0.05, 0) is 20.8 Å². The van der Waals surface area contributed by atoms with Crippen LogP contribution < -0.4 is 5.73 Å². The number of morpholine rings is 1. The van der Waals surface area contributed by atoms with Crippen LogP contribution in [0.1, 0.15) is 20.8 Å². The fourth-order valence-corrected chi connectivity index (χ4v) is 1.68. The first-order chi connectivity index (χ1) is 5.49. The van der Waals surface area contributed by atoms with Crippen molar-refractivity contribution in [2.24, 2.45) is 5.73 Å². The Labute approximate surface area is 74.9 Å². The summed E-state index contributed by atoms with van der Waals surface area (Å²) in [5.74, 6) is 0. The Morgan fingerprint density at radius 1 is 1.58 bits per heavy atom. The number of rotatable bonds is 2. The number of ether oxygens (including phenoxy) is 1. The molecule has 0 unspecified atom stereocenters. The maximum absolute atomic E-state index is 5.73. The summed E-state index contributed by atoms with van der Waals surface area (Å²) < 4.78 is 5.59. The van der Waals surface area contributed by atoms with Crippen molar-refractivity contribution in [1.82, 2.24) is 4.90 Å².